The van der Waals surface area contributed by atoms with Crippen molar-refractivity contribution in [3.8, 4) is 23.0 Å². The highest BCUT2D eigenvalue weighted by atomic mass is 16.5. The van der Waals surface area contributed by atoms with Crippen molar-refractivity contribution in [3.63, 3.8) is 0 Å². The molecule has 2 aliphatic heterocycles. The second-order valence-corrected chi connectivity index (χ2v) is 7.14. The Morgan fingerprint density at radius 3 is 2.77 bits per heavy atom. The van der Waals surface area contributed by atoms with Crippen molar-refractivity contribution in [2.75, 3.05) is 41.2 Å². The summed E-state index contributed by atoms with van der Waals surface area (Å²) in [5.41, 5.74) is 2.15. The molecule has 2 heterocycles. The van der Waals surface area contributed by atoms with E-state index in [-0.39, 0.29) is 11.5 Å². The van der Waals surface area contributed by atoms with Gasteiger partial charge in [-0.05, 0) is 42.8 Å². The molecule has 2 aromatic carbocycles. The molecular formula is C23H25NO6. The quantitative estimate of drug-likeness (QED) is 0.510. The number of nitrogens with zero attached hydrogens (tertiary/aromatic N) is 1. The Bertz CT molecular complexity index is 984. The van der Waals surface area contributed by atoms with Crippen molar-refractivity contribution in [1.29, 1.82) is 0 Å². The van der Waals surface area contributed by atoms with E-state index in [1.807, 2.05) is 12.1 Å². The molecule has 2 aromatic rings. The fraction of sp³-hybridized carbons (Fsp3) is 0.348. The summed E-state index contributed by atoms with van der Waals surface area (Å²) in [7, 11) is 4.87. The topological polar surface area (TPSA) is 66.5 Å². The molecule has 7 nitrogen and oxygen atoms in total. The van der Waals surface area contributed by atoms with Crippen LogP contribution < -0.4 is 18.9 Å². The van der Waals surface area contributed by atoms with Gasteiger partial charge in [-0.3, -0.25) is 9.69 Å². The zero-order valence-electron chi connectivity index (χ0n) is 17.4. The number of hydrogen-bond donors (Lipinski definition) is 0. The van der Waals surface area contributed by atoms with Crippen LogP contribution in [0.1, 0.15) is 27.9 Å². The van der Waals surface area contributed by atoms with E-state index in [1.54, 1.807) is 45.6 Å². The first-order valence-electron chi connectivity index (χ1n) is 9.81. The van der Waals surface area contributed by atoms with Crippen LogP contribution in [0.15, 0.2) is 36.1 Å². The fourth-order valence-corrected chi connectivity index (χ4v) is 3.67. The van der Waals surface area contributed by atoms with Gasteiger partial charge in [0, 0.05) is 32.4 Å². The van der Waals surface area contributed by atoms with Gasteiger partial charge < -0.3 is 23.7 Å². The Labute approximate surface area is 175 Å². The number of carbonyl (C=O) groups is 1. The molecule has 0 amide bonds. The first-order chi connectivity index (χ1) is 14.6. The molecule has 2 aliphatic rings. The summed E-state index contributed by atoms with van der Waals surface area (Å²) in [6.45, 7) is 2.70. The number of carbonyl (C=O) groups excluding carboxylic acids is 1. The van der Waals surface area contributed by atoms with E-state index in [0.717, 1.165) is 24.3 Å². The van der Waals surface area contributed by atoms with Crippen LogP contribution in [0.3, 0.4) is 0 Å². The second-order valence-electron chi connectivity index (χ2n) is 7.14. The van der Waals surface area contributed by atoms with E-state index in [1.165, 1.54) is 0 Å². The Hall–Kier alpha value is -3.03. The Morgan fingerprint density at radius 1 is 1.13 bits per heavy atom. The smallest absolute Gasteiger partial charge is 0.231 e. The molecule has 0 radical (unpaired) electrons. The fourth-order valence-electron chi connectivity index (χ4n) is 3.67. The average molecular weight is 411 g/mol. The van der Waals surface area contributed by atoms with E-state index in [0.29, 0.717) is 48.3 Å². The zero-order valence-corrected chi connectivity index (χ0v) is 17.4. The molecule has 30 heavy (non-hydrogen) atoms. The number of ether oxygens (including phenoxy) is 5. The zero-order chi connectivity index (χ0) is 21.1. The van der Waals surface area contributed by atoms with Crippen LogP contribution >= 0.6 is 0 Å². The molecule has 0 atom stereocenters. The normalized spacial score (nSPS) is 16.6. The van der Waals surface area contributed by atoms with Crippen molar-refractivity contribution < 1.29 is 28.5 Å². The summed E-state index contributed by atoms with van der Waals surface area (Å²) in [4.78, 5) is 15.2. The molecule has 0 N–H and O–H groups in total. The number of methoxy groups -OCH3 is 3. The van der Waals surface area contributed by atoms with Crippen LogP contribution in [0.5, 0.6) is 23.0 Å². The average Bonchev–Trinajstić information content (AvgIpc) is 3.09. The van der Waals surface area contributed by atoms with Gasteiger partial charge in [0.2, 0.25) is 5.78 Å². The van der Waals surface area contributed by atoms with Gasteiger partial charge in [0.25, 0.3) is 0 Å². The maximum Gasteiger partial charge on any atom is 0.231 e. The Morgan fingerprint density at radius 2 is 2.00 bits per heavy atom. The third kappa shape index (κ3) is 3.86. The summed E-state index contributed by atoms with van der Waals surface area (Å²) >= 11 is 0. The first-order valence-corrected chi connectivity index (χ1v) is 9.81. The standard InChI is InChI=1S/C23H25NO6/c1-26-10-4-9-24-13-18-20(29-14-24)8-6-17-22(25)21(30-23(17)18)12-15-11-16(27-2)5-7-19(15)28-3/h5-8,11-12H,4,9-10,13-14H2,1-3H3/b21-12-. The van der Waals surface area contributed by atoms with Gasteiger partial charge in [-0.15, -0.1) is 0 Å². The van der Waals surface area contributed by atoms with Crippen molar-refractivity contribution in [1.82, 2.24) is 4.90 Å². The van der Waals surface area contributed by atoms with E-state index in [9.17, 15) is 4.79 Å². The molecule has 0 fully saturated rings. The minimum Gasteiger partial charge on any atom is -0.497 e. The number of ketones is 1. The third-order valence-electron chi connectivity index (χ3n) is 5.23. The lowest BCUT2D eigenvalue weighted by atomic mass is 10.0. The second kappa shape index (κ2) is 8.77. The van der Waals surface area contributed by atoms with E-state index in [4.69, 9.17) is 23.7 Å². The first kappa shape index (κ1) is 20.3. The minimum atomic E-state index is -0.158. The van der Waals surface area contributed by atoms with E-state index >= 15 is 0 Å². The van der Waals surface area contributed by atoms with Crippen molar-refractivity contribution in [2.45, 2.75) is 13.0 Å². The number of benzene rings is 2. The van der Waals surface area contributed by atoms with Gasteiger partial charge in [0.05, 0.1) is 25.3 Å². The molecule has 158 valence electrons. The Kier molecular flexibility index (Phi) is 5.92. The molecule has 0 saturated carbocycles. The highest BCUT2D eigenvalue weighted by molar-refractivity contribution is 6.15. The number of Topliss-reactive ketones (excluding diaryl/α,β-unsaturated/α-hetero) is 1. The van der Waals surface area contributed by atoms with Crippen LogP contribution in [-0.4, -0.2) is 51.9 Å². The van der Waals surface area contributed by atoms with Crippen molar-refractivity contribution >= 4 is 11.9 Å². The SMILES string of the molecule is COCCCN1COc2ccc3c(c2C1)O/C(=C\c1cc(OC)ccc1OC)C3=O. The van der Waals surface area contributed by atoms with Gasteiger partial charge in [0.1, 0.15) is 29.7 Å². The monoisotopic (exact) mass is 411 g/mol. The maximum atomic E-state index is 13.0. The Balaban J connectivity index is 1.63. The summed E-state index contributed by atoms with van der Waals surface area (Å²) in [6.07, 6.45) is 2.60. The lowest BCUT2D eigenvalue weighted by Crippen LogP contribution is -2.33. The highest BCUT2D eigenvalue weighted by Crippen LogP contribution is 2.42. The molecule has 0 aromatic heterocycles. The minimum absolute atomic E-state index is 0.158. The van der Waals surface area contributed by atoms with Crippen molar-refractivity contribution in [3.05, 3.63) is 52.8 Å². The lowest BCUT2D eigenvalue weighted by Gasteiger charge is -2.29. The summed E-state index contributed by atoms with van der Waals surface area (Å²) < 4.78 is 27.8. The van der Waals surface area contributed by atoms with Crippen molar-refractivity contribution in [2.24, 2.45) is 0 Å². The number of rotatable bonds is 7. The predicted molar refractivity (Wildman–Crippen MR) is 111 cm³/mol. The van der Waals surface area contributed by atoms with Crippen LogP contribution in [-0.2, 0) is 11.3 Å². The summed E-state index contributed by atoms with van der Waals surface area (Å²) in [6, 6.07) is 9.02. The van der Waals surface area contributed by atoms with Gasteiger partial charge in [0.15, 0.2) is 5.76 Å². The number of fused-ring (bicyclic) bond motifs is 3. The predicted octanol–water partition coefficient (Wildman–Crippen LogP) is 3.51. The van der Waals surface area contributed by atoms with Gasteiger partial charge in [-0.25, -0.2) is 0 Å². The molecule has 0 aliphatic carbocycles. The summed E-state index contributed by atoms with van der Waals surface area (Å²) in [5.74, 6) is 2.72. The lowest BCUT2D eigenvalue weighted by molar-refractivity contribution is 0.0823. The van der Waals surface area contributed by atoms with Gasteiger partial charge in [-0.1, -0.05) is 0 Å². The van der Waals surface area contributed by atoms with Gasteiger partial charge in [-0.2, -0.15) is 0 Å². The molecule has 0 bridgehead atoms. The van der Waals surface area contributed by atoms with Crippen LogP contribution in [0.2, 0.25) is 0 Å². The molecule has 0 saturated heterocycles. The maximum absolute atomic E-state index is 13.0. The highest BCUT2D eigenvalue weighted by Gasteiger charge is 2.33. The van der Waals surface area contributed by atoms with E-state index in [2.05, 4.69) is 4.90 Å². The third-order valence-corrected chi connectivity index (χ3v) is 5.23. The van der Waals surface area contributed by atoms with E-state index < -0.39 is 0 Å². The van der Waals surface area contributed by atoms with Crippen LogP contribution in [0.25, 0.3) is 6.08 Å². The number of allylic oxidation sites excluding steroid dienone is 1. The largest absolute Gasteiger partial charge is 0.497 e. The molecular weight excluding hydrogens is 386 g/mol. The molecule has 4 rings (SSSR count). The van der Waals surface area contributed by atoms with Gasteiger partial charge >= 0.3 is 0 Å². The molecule has 7 heteroatoms. The van der Waals surface area contributed by atoms with Crippen LogP contribution in [0, 0.1) is 0 Å². The number of hydrogen-bond acceptors (Lipinski definition) is 7. The summed E-state index contributed by atoms with van der Waals surface area (Å²) in [5, 5.41) is 0. The molecule has 0 unspecified atom stereocenters. The van der Waals surface area contributed by atoms with Crippen LogP contribution in [0.4, 0.5) is 0 Å². The molecule has 0 spiro atoms.